The molecule has 1 aliphatic carbocycles. The number of ether oxygens (including phenoxy) is 1. The Labute approximate surface area is 204 Å². The van der Waals surface area contributed by atoms with Crippen LogP contribution in [-0.4, -0.2) is 61.4 Å². The molecule has 1 aliphatic heterocycles. The Balaban J connectivity index is 1.36. The van der Waals surface area contributed by atoms with E-state index in [0.29, 0.717) is 15.4 Å². The number of benzene rings is 2. The van der Waals surface area contributed by atoms with Gasteiger partial charge in [-0.25, -0.2) is 8.42 Å². The Hall–Kier alpha value is -2.73. The normalized spacial score (nSPS) is 23.0. The maximum Gasteiger partial charge on any atom is 0.266 e. The highest BCUT2D eigenvalue weighted by atomic mass is 79.9. The number of halogens is 1. The highest BCUT2D eigenvalue weighted by Gasteiger charge is 2.42. The van der Waals surface area contributed by atoms with Gasteiger partial charge in [-0.05, 0) is 30.2 Å². The second-order valence-corrected chi connectivity index (χ2v) is 11.3. The minimum atomic E-state index is -4.15. The number of nitrogens with one attached hydrogen (secondary N) is 2. The number of nitrogens with two attached hydrogens (primary N) is 1. The minimum Gasteiger partial charge on any atom is -0.366 e. The van der Waals surface area contributed by atoms with Crippen LogP contribution in [0.2, 0.25) is 0 Å². The standard InChI is InChI=1S/C23H23BrN4O5S/c24-14-6-7-17-16(10-14)21(20(26-17)22(25)29)34(31,32)28-8-9-33-19(12-28)23(30)27-18-11-15(18)13-4-2-1-3-5-13/h1-7,10,15,18-19,26H,8-9,11-12H2,(H2,25,29)(H,27,30)/t15-,18?,19?/m0/s1. The van der Waals surface area contributed by atoms with Crippen molar-refractivity contribution < 1.29 is 22.7 Å². The number of hydrogen-bond acceptors (Lipinski definition) is 5. The molecular weight excluding hydrogens is 524 g/mol. The van der Waals surface area contributed by atoms with Gasteiger partial charge in [0.15, 0.2) is 0 Å². The van der Waals surface area contributed by atoms with E-state index in [9.17, 15) is 18.0 Å². The molecule has 11 heteroatoms. The predicted octanol–water partition coefficient (Wildman–Crippen LogP) is 2.09. The summed E-state index contributed by atoms with van der Waals surface area (Å²) >= 11 is 3.34. The zero-order valence-electron chi connectivity index (χ0n) is 18.0. The van der Waals surface area contributed by atoms with Gasteiger partial charge in [0.1, 0.15) is 16.7 Å². The third-order valence-electron chi connectivity index (χ3n) is 6.22. The van der Waals surface area contributed by atoms with E-state index in [4.69, 9.17) is 10.5 Å². The van der Waals surface area contributed by atoms with Crippen molar-refractivity contribution in [2.45, 2.75) is 29.4 Å². The first-order chi connectivity index (χ1) is 16.3. The zero-order valence-corrected chi connectivity index (χ0v) is 20.4. The Morgan fingerprint density at radius 1 is 1.18 bits per heavy atom. The summed E-state index contributed by atoms with van der Waals surface area (Å²) in [5, 5.41) is 3.32. The van der Waals surface area contributed by atoms with Crippen molar-refractivity contribution in [3.63, 3.8) is 0 Å². The lowest BCUT2D eigenvalue weighted by Crippen LogP contribution is -2.52. The summed E-state index contributed by atoms with van der Waals surface area (Å²) in [5.74, 6) is -0.981. The first-order valence-corrected chi connectivity index (χ1v) is 13.1. The number of morpholine rings is 1. The van der Waals surface area contributed by atoms with E-state index < -0.39 is 22.0 Å². The van der Waals surface area contributed by atoms with Crippen LogP contribution in [-0.2, 0) is 19.6 Å². The number of nitrogens with zero attached hydrogens (tertiary/aromatic N) is 1. The molecule has 2 unspecified atom stereocenters. The number of rotatable bonds is 6. The van der Waals surface area contributed by atoms with Gasteiger partial charge in [-0.15, -0.1) is 0 Å². The number of amides is 2. The van der Waals surface area contributed by atoms with Gasteiger partial charge in [-0.3, -0.25) is 9.59 Å². The van der Waals surface area contributed by atoms with Crippen molar-refractivity contribution >= 4 is 48.7 Å². The molecule has 3 atom stereocenters. The van der Waals surface area contributed by atoms with Crippen molar-refractivity contribution in [3.05, 3.63) is 64.3 Å². The third-order valence-corrected chi connectivity index (χ3v) is 8.67. The van der Waals surface area contributed by atoms with Crippen molar-refractivity contribution in [2.24, 2.45) is 5.73 Å². The molecule has 0 spiro atoms. The van der Waals surface area contributed by atoms with Gasteiger partial charge in [0.2, 0.25) is 10.0 Å². The summed E-state index contributed by atoms with van der Waals surface area (Å²) in [7, 11) is -4.15. The first kappa shape index (κ1) is 23.0. The molecule has 1 aromatic heterocycles. The Kier molecular flexibility index (Phi) is 5.96. The fourth-order valence-electron chi connectivity index (χ4n) is 4.41. The van der Waals surface area contributed by atoms with Crippen LogP contribution in [0.3, 0.4) is 0 Å². The zero-order chi connectivity index (χ0) is 24.0. The molecule has 2 aromatic carbocycles. The number of sulfonamides is 1. The summed E-state index contributed by atoms with van der Waals surface area (Å²) in [4.78, 5) is 27.6. The smallest absolute Gasteiger partial charge is 0.266 e. The predicted molar refractivity (Wildman–Crippen MR) is 129 cm³/mol. The molecule has 1 saturated carbocycles. The molecule has 2 aliphatic rings. The molecule has 4 N–H and O–H groups in total. The lowest BCUT2D eigenvalue weighted by Gasteiger charge is -2.31. The lowest BCUT2D eigenvalue weighted by molar-refractivity contribution is -0.136. The second-order valence-electron chi connectivity index (χ2n) is 8.47. The number of H-pyrrole nitrogens is 1. The Morgan fingerprint density at radius 2 is 1.94 bits per heavy atom. The number of aromatic nitrogens is 1. The summed E-state index contributed by atoms with van der Waals surface area (Å²) < 4.78 is 34.7. The molecule has 178 valence electrons. The van der Waals surface area contributed by atoms with Crippen LogP contribution in [0.4, 0.5) is 0 Å². The summed E-state index contributed by atoms with van der Waals surface area (Å²) in [5.41, 5.74) is 6.93. The maximum absolute atomic E-state index is 13.6. The van der Waals surface area contributed by atoms with E-state index in [1.807, 2.05) is 30.3 Å². The fourth-order valence-corrected chi connectivity index (χ4v) is 6.53. The molecule has 2 fully saturated rings. The van der Waals surface area contributed by atoms with Gasteiger partial charge in [0, 0.05) is 40.4 Å². The Morgan fingerprint density at radius 3 is 2.68 bits per heavy atom. The molecule has 9 nitrogen and oxygen atoms in total. The van der Waals surface area contributed by atoms with E-state index in [0.717, 1.165) is 12.0 Å². The Bertz CT molecular complexity index is 1370. The van der Waals surface area contributed by atoms with Gasteiger partial charge in [-0.2, -0.15) is 4.31 Å². The largest absolute Gasteiger partial charge is 0.366 e. The molecular formula is C23H23BrN4O5S. The van der Waals surface area contributed by atoms with E-state index >= 15 is 0 Å². The highest BCUT2D eigenvalue weighted by Crippen LogP contribution is 2.40. The lowest BCUT2D eigenvalue weighted by atomic mass is 10.1. The quantitative estimate of drug-likeness (QED) is 0.435. The van der Waals surface area contributed by atoms with Gasteiger partial charge in [0.25, 0.3) is 11.8 Å². The second kappa shape index (κ2) is 8.81. The van der Waals surface area contributed by atoms with Crippen molar-refractivity contribution in [3.8, 4) is 0 Å². The van der Waals surface area contributed by atoms with Crippen LogP contribution >= 0.6 is 15.9 Å². The van der Waals surface area contributed by atoms with Gasteiger partial charge < -0.3 is 20.8 Å². The number of carbonyl (C=O) groups excluding carboxylic acids is 2. The SMILES string of the molecule is NC(=O)c1[nH]c2ccc(Br)cc2c1S(=O)(=O)N1CCOC(C(=O)NC2C[C@H]2c2ccccc2)C1. The molecule has 0 radical (unpaired) electrons. The third kappa shape index (κ3) is 4.24. The van der Waals surface area contributed by atoms with Gasteiger partial charge >= 0.3 is 0 Å². The summed E-state index contributed by atoms with van der Waals surface area (Å²) in [6, 6.07) is 14.9. The molecule has 1 saturated heterocycles. The highest BCUT2D eigenvalue weighted by molar-refractivity contribution is 9.10. The van der Waals surface area contributed by atoms with E-state index in [-0.39, 0.29) is 48.2 Å². The number of carbonyl (C=O) groups is 2. The molecule has 5 rings (SSSR count). The topological polar surface area (TPSA) is 135 Å². The van der Waals surface area contributed by atoms with Crippen LogP contribution in [0.15, 0.2) is 57.9 Å². The van der Waals surface area contributed by atoms with Gasteiger partial charge in [-0.1, -0.05) is 46.3 Å². The maximum atomic E-state index is 13.6. The molecule has 2 amide bonds. The average Bonchev–Trinajstić information content (AvgIpc) is 3.48. The van der Waals surface area contributed by atoms with Crippen molar-refractivity contribution in [2.75, 3.05) is 19.7 Å². The number of hydrogen-bond donors (Lipinski definition) is 3. The van der Waals surface area contributed by atoms with E-state index in [1.165, 1.54) is 4.31 Å². The van der Waals surface area contributed by atoms with Crippen molar-refractivity contribution in [1.82, 2.24) is 14.6 Å². The summed E-state index contributed by atoms with van der Waals surface area (Å²) in [6.07, 6.45) is -0.119. The van der Waals surface area contributed by atoms with Gasteiger partial charge in [0.05, 0.1) is 6.61 Å². The van der Waals surface area contributed by atoms with Crippen LogP contribution < -0.4 is 11.1 Å². The summed E-state index contributed by atoms with van der Waals surface area (Å²) in [6.45, 7) is -0.0428. The number of aromatic amines is 1. The number of primary amides is 1. The molecule has 2 heterocycles. The first-order valence-electron chi connectivity index (χ1n) is 10.8. The number of fused-ring (bicyclic) bond motifs is 1. The molecule has 34 heavy (non-hydrogen) atoms. The monoisotopic (exact) mass is 546 g/mol. The van der Waals surface area contributed by atoms with Crippen LogP contribution in [0.5, 0.6) is 0 Å². The fraction of sp³-hybridized carbons (Fsp3) is 0.304. The molecule has 0 bridgehead atoms. The van der Waals surface area contributed by atoms with Crippen LogP contribution in [0, 0.1) is 0 Å². The molecule has 3 aromatic rings. The average molecular weight is 547 g/mol. The van der Waals surface area contributed by atoms with E-state index in [2.05, 4.69) is 26.2 Å². The minimum absolute atomic E-state index is 0.00193. The van der Waals surface area contributed by atoms with Crippen molar-refractivity contribution in [1.29, 1.82) is 0 Å². The van der Waals surface area contributed by atoms with E-state index in [1.54, 1.807) is 18.2 Å². The van der Waals surface area contributed by atoms with Crippen LogP contribution in [0.1, 0.15) is 28.4 Å². The van der Waals surface area contributed by atoms with Crippen LogP contribution in [0.25, 0.3) is 10.9 Å².